The molecule has 1 saturated carbocycles. The molecule has 0 radical (unpaired) electrons. The number of rotatable bonds is 7. The predicted octanol–water partition coefficient (Wildman–Crippen LogP) is 4.73. The Morgan fingerprint density at radius 2 is 1.72 bits per heavy atom. The Labute approximate surface area is 211 Å². The Balaban J connectivity index is 1.60. The number of methoxy groups -OCH3 is 1. The normalized spacial score (nSPS) is 17.0. The summed E-state index contributed by atoms with van der Waals surface area (Å²) in [6, 6.07) is 23.5. The number of anilines is 1. The molecule has 1 fully saturated rings. The Kier molecular flexibility index (Phi) is 7.99. The summed E-state index contributed by atoms with van der Waals surface area (Å²) in [6.45, 7) is 0.341. The van der Waals surface area contributed by atoms with Crippen molar-refractivity contribution in [2.45, 2.75) is 44.3 Å². The van der Waals surface area contributed by atoms with Crippen molar-refractivity contribution in [2.24, 2.45) is 5.73 Å². The number of carbonyl (C=O) groups excluding carboxylic acids is 2. The minimum Gasteiger partial charge on any atom is -0.497 e. The Morgan fingerprint density at radius 3 is 2.42 bits per heavy atom. The van der Waals surface area contributed by atoms with E-state index in [0.29, 0.717) is 34.7 Å². The van der Waals surface area contributed by atoms with Gasteiger partial charge in [-0.3, -0.25) is 9.59 Å². The van der Waals surface area contributed by atoms with Crippen molar-refractivity contribution in [3.8, 4) is 11.8 Å². The van der Waals surface area contributed by atoms with Crippen molar-refractivity contribution in [1.29, 1.82) is 5.26 Å². The molecule has 184 valence electrons. The highest BCUT2D eigenvalue weighted by atomic mass is 16.5. The number of benzene rings is 3. The highest BCUT2D eigenvalue weighted by Crippen LogP contribution is 2.28. The van der Waals surface area contributed by atoms with Crippen molar-refractivity contribution in [1.82, 2.24) is 4.90 Å². The SMILES string of the molecule is COc1cccc(C(=O)Nc2ccccc2CN(C(=O)c2ccc(C#N)cc2)C2CCC(N)CC2)c1. The maximum Gasteiger partial charge on any atom is 0.255 e. The Hall–Kier alpha value is -4.15. The van der Waals surface area contributed by atoms with Gasteiger partial charge in [-0.15, -0.1) is 0 Å². The summed E-state index contributed by atoms with van der Waals surface area (Å²) in [4.78, 5) is 28.5. The quantitative estimate of drug-likeness (QED) is 0.506. The molecule has 4 rings (SSSR count). The first kappa shape index (κ1) is 25.0. The van der Waals surface area contributed by atoms with Gasteiger partial charge >= 0.3 is 0 Å². The van der Waals surface area contributed by atoms with Crippen molar-refractivity contribution in [3.63, 3.8) is 0 Å². The molecule has 0 bridgehead atoms. The lowest BCUT2D eigenvalue weighted by Gasteiger charge is -2.36. The van der Waals surface area contributed by atoms with E-state index in [4.69, 9.17) is 15.7 Å². The first-order valence-corrected chi connectivity index (χ1v) is 12.1. The second-order valence-electron chi connectivity index (χ2n) is 9.03. The number of nitriles is 1. The summed E-state index contributed by atoms with van der Waals surface area (Å²) >= 11 is 0. The van der Waals surface area contributed by atoms with Crippen molar-refractivity contribution >= 4 is 17.5 Å². The third kappa shape index (κ3) is 5.91. The maximum atomic E-state index is 13.7. The van der Waals surface area contributed by atoms with Gasteiger partial charge in [0.25, 0.3) is 11.8 Å². The highest BCUT2D eigenvalue weighted by Gasteiger charge is 2.29. The molecule has 0 aliphatic heterocycles. The lowest BCUT2D eigenvalue weighted by atomic mass is 9.90. The van der Waals surface area contributed by atoms with E-state index in [9.17, 15) is 9.59 Å². The summed E-state index contributed by atoms with van der Waals surface area (Å²) in [6.07, 6.45) is 3.36. The van der Waals surface area contributed by atoms with E-state index in [0.717, 1.165) is 31.2 Å². The van der Waals surface area contributed by atoms with Crippen LogP contribution in [-0.4, -0.2) is 35.9 Å². The van der Waals surface area contributed by atoms with Crippen LogP contribution in [0.3, 0.4) is 0 Å². The van der Waals surface area contributed by atoms with Crippen LogP contribution in [0.15, 0.2) is 72.8 Å². The molecule has 1 aliphatic rings. The number of amides is 2. The van der Waals surface area contributed by atoms with E-state index >= 15 is 0 Å². The zero-order valence-corrected chi connectivity index (χ0v) is 20.3. The molecule has 0 spiro atoms. The molecule has 0 unspecified atom stereocenters. The minimum absolute atomic E-state index is 0.0371. The van der Waals surface area contributed by atoms with Gasteiger partial charge in [-0.25, -0.2) is 0 Å². The highest BCUT2D eigenvalue weighted by molar-refractivity contribution is 6.05. The third-order valence-electron chi connectivity index (χ3n) is 6.64. The zero-order valence-electron chi connectivity index (χ0n) is 20.3. The average Bonchev–Trinajstić information content (AvgIpc) is 2.93. The van der Waals surface area contributed by atoms with Gasteiger partial charge in [-0.1, -0.05) is 24.3 Å². The molecule has 7 heteroatoms. The van der Waals surface area contributed by atoms with E-state index in [2.05, 4.69) is 11.4 Å². The molecule has 1 aliphatic carbocycles. The van der Waals surface area contributed by atoms with Crippen LogP contribution in [0.5, 0.6) is 5.75 Å². The topological polar surface area (TPSA) is 108 Å². The number of nitrogens with two attached hydrogens (primary N) is 1. The van der Waals surface area contributed by atoms with Gasteiger partial charge < -0.3 is 20.7 Å². The van der Waals surface area contributed by atoms with E-state index < -0.39 is 0 Å². The molecule has 0 heterocycles. The molecule has 0 atom stereocenters. The van der Waals surface area contributed by atoms with E-state index in [1.807, 2.05) is 29.2 Å². The smallest absolute Gasteiger partial charge is 0.255 e. The van der Waals surface area contributed by atoms with E-state index in [1.54, 1.807) is 55.6 Å². The monoisotopic (exact) mass is 482 g/mol. The van der Waals surface area contributed by atoms with Crippen molar-refractivity contribution in [3.05, 3.63) is 95.1 Å². The van der Waals surface area contributed by atoms with Gasteiger partial charge in [-0.05, 0) is 79.8 Å². The average molecular weight is 483 g/mol. The number of hydrogen-bond donors (Lipinski definition) is 2. The van der Waals surface area contributed by atoms with Gasteiger partial charge in [0.2, 0.25) is 0 Å². The van der Waals surface area contributed by atoms with Crippen LogP contribution in [0.2, 0.25) is 0 Å². The van der Waals surface area contributed by atoms with E-state index in [-0.39, 0.29) is 23.9 Å². The van der Waals surface area contributed by atoms with Gasteiger partial charge in [0.15, 0.2) is 0 Å². The summed E-state index contributed by atoms with van der Waals surface area (Å²) in [5.41, 5.74) is 9.14. The summed E-state index contributed by atoms with van der Waals surface area (Å²) in [7, 11) is 1.56. The van der Waals surface area contributed by atoms with Gasteiger partial charge in [0, 0.05) is 35.4 Å². The zero-order chi connectivity index (χ0) is 25.5. The first-order valence-electron chi connectivity index (χ1n) is 12.1. The van der Waals surface area contributed by atoms with Crippen LogP contribution < -0.4 is 15.8 Å². The largest absolute Gasteiger partial charge is 0.497 e. The molecule has 3 aromatic carbocycles. The predicted molar refractivity (Wildman–Crippen MR) is 139 cm³/mol. The third-order valence-corrected chi connectivity index (χ3v) is 6.64. The lowest BCUT2D eigenvalue weighted by Crippen LogP contribution is -2.44. The number of nitrogens with zero attached hydrogens (tertiary/aromatic N) is 2. The first-order chi connectivity index (χ1) is 17.5. The summed E-state index contributed by atoms with van der Waals surface area (Å²) in [5.74, 6) is 0.245. The number of carbonyl (C=O) groups is 2. The van der Waals surface area contributed by atoms with Crippen LogP contribution >= 0.6 is 0 Å². The Morgan fingerprint density at radius 1 is 1.00 bits per heavy atom. The molecule has 0 saturated heterocycles. The molecule has 3 N–H and O–H groups in total. The van der Waals surface area contributed by atoms with E-state index in [1.165, 1.54) is 0 Å². The maximum absolute atomic E-state index is 13.7. The van der Waals surface area contributed by atoms with Gasteiger partial charge in [0.05, 0.1) is 18.7 Å². The lowest BCUT2D eigenvalue weighted by molar-refractivity contribution is 0.0607. The Bertz CT molecular complexity index is 1260. The number of para-hydroxylation sites is 1. The second-order valence-corrected chi connectivity index (χ2v) is 9.03. The van der Waals surface area contributed by atoms with Crippen molar-refractivity contribution < 1.29 is 14.3 Å². The molecule has 2 amide bonds. The van der Waals surface area contributed by atoms with Gasteiger partial charge in [-0.2, -0.15) is 5.26 Å². The second kappa shape index (κ2) is 11.5. The molecule has 3 aromatic rings. The number of hydrogen-bond acceptors (Lipinski definition) is 5. The molecular weight excluding hydrogens is 452 g/mol. The summed E-state index contributed by atoms with van der Waals surface area (Å²) < 4.78 is 5.24. The fourth-order valence-electron chi connectivity index (χ4n) is 4.56. The number of ether oxygens (including phenoxy) is 1. The van der Waals surface area contributed by atoms with Crippen molar-refractivity contribution in [2.75, 3.05) is 12.4 Å². The minimum atomic E-state index is -0.255. The number of nitrogens with one attached hydrogen (secondary N) is 1. The van der Waals surface area contributed by atoms with Crippen LogP contribution in [0.1, 0.15) is 57.5 Å². The van der Waals surface area contributed by atoms with Crippen LogP contribution in [0.25, 0.3) is 0 Å². The molecule has 0 aromatic heterocycles. The van der Waals surface area contributed by atoms with Crippen LogP contribution in [-0.2, 0) is 6.54 Å². The molecular formula is C29H30N4O3. The molecule has 36 heavy (non-hydrogen) atoms. The fourth-order valence-corrected chi connectivity index (χ4v) is 4.56. The fraction of sp³-hybridized carbons (Fsp3) is 0.276. The van der Waals surface area contributed by atoms with Gasteiger partial charge in [0.1, 0.15) is 5.75 Å². The van der Waals surface area contributed by atoms with Crippen LogP contribution in [0, 0.1) is 11.3 Å². The standard InChI is InChI=1S/C29H30N4O3/c1-36-26-7-4-6-22(17-26)28(34)32-27-8-3-2-5-23(27)19-33(25-15-13-24(31)14-16-25)29(35)21-11-9-20(18-30)10-12-21/h2-12,17,24-25H,13-16,19,31H2,1H3,(H,32,34). The molecule has 7 nitrogen and oxygen atoms in total. The van der Waals surface area contributed by atoms with Crippen LogP contribution in [0.4, 0.5) is 5.69 Å². The summed E-state index contributed by atoms with van der Waals surface area (Å²) in [5, 5.41) is 12.1.